The molecule has 1 aliphatic rings. The van der Waals surface area contributed by atoms with E-state index in [9.17, 15) is 19.5 Å². The summed E-state index contributed by atoms with van der Waals surface area (Å²) in [6.45, 7) is 5.94. The molecule has 1 aliphatic heterocycles. The summed E-state index contributed by atoms with van der Waals surface area (Å²) >= 11 is 0. The zero-order valence-corrected chi connectivity index (χ0v) is 20.6. The van der Waals surface area contributed by atoms with E-state index in [1.165, 1.54) is 65.7 Å². The number of carbonyl (C=O) groups excluding carboxylic acids is 3. The number of rotatable bonds is 16. The SMILES string of the molecule is CCCCCCCCCCCCO[C@H]1O[C@H](COC(C)=O)[C@@H](OC(C)=O)[C@H](OC(C)=O)[C@H]1O. The second kappa shape index (κ2) is 16.8. The van der Waals surface area contributed by atoms with Crippen LogP contribution in [0.25, 0.3) is 0 Å². The van der Waals surface area contributed by atoms with Crippen molar-refractivity contribution in [1.29, 1.82) is 0 Å². The van der Waals surface area contributed by atoms with Crippen LogP contribution < -0.4 is 0 Å². The highest BCUT2D eigenvalue weighted by atomic mass is 16.7. The van der Waals surface area contributed by atoms with Crippen LogP contribution in [0.3, 0.4) is 0 Å². The molecular formula is C24H42O9. The molecule has 0 radical (unpaired) electrons. The van der Waals surface area contributed by atoms with E-state index in [1.807, 2.05) is 0 Å². The van der Waals surface area contributed by atoms with Crippen LogP contribution in [-0.2, 0) is 38.1 Å². The van der Waals surface area contributed by atoms with Crippen molar-refractivity contribution >= 4 is 17.9 Å². The second-order valence-electron chi connectivity index (χ2n) is 8.54. The van der Waals surface area contributed by atoms with Crippen molar-refractivity contribution in [2.75, 3.05) is 13.2 Å². The fourth-order valence-electron chi connectivity index (χ4n) is 3.81. The third-order valence-electron chi connectivity index (χ3n) is 5.45. The van der Waals surface area contributed by atoms with Crippen molar-refractivity contribution in [3.8, 4) is 0 Å². The minimum atomic E-state index is -1.37. The molecule has 0 amide bonds. The summed E-state index contributed by atoms with van der Waals surface area (Å²) in [5, 5.41) is 10.7. The predicted molar refractivity (Wildman–Crippen MR) is 120 cm³/mol. The Morgan fingerprint density at radius 3 is 1.79 bits per heavy atom. The first-order chi connectivity index (χ1) is 15.8. The van der Waals surface area contributed by atoms with Crippen LogP contribution in [0.2, 0.25) is 0 Å². The average molecular weight is 475 g/mol. The molecule has 1 heterocycles. The maximum atomic E-state index is 11.6. The minimum Gasteiger partial charge on any atom is -0.463 e. The normalized spacial score (nSPS) is 24.8. The molecule has 1 saturated heterocycles. The predicted octanol–water partition coefficient (Wildman–Crippen LogP) is 3.44. The first-order valence-electron chi connectivity index (χ1n) is 12.2. The molecule has 0 unspecified atom stereocenters. The van der Waals surface area contributed by atoms with Crippen LogP contribution in [0, 0.1) is 0 Å². The van der Waals surface area contributed by atoms with Crippen molar-refractivity contribution in [1.82, 2.24) is 0 Å². The zero-order chi connectivity index (χ0) is 24.6. The number of ether oxygens (including phenoxy) is 5. The molecule has 1 fully saturated rings. The van der Waals surface area contributed by atoms with E-state index < -0.39 is 48.6 Å². The Labute approximate surface area is 197 Å². The standard InChI is InChI=1S/C24H42O9/c1-5-6-7-8-9-10-11-12-13-14-15-29-24-21(28)23(32-19(4)27)22(31-18(3)26)20(33-24)16-30-17(2)25/h20-24,28H,5-16H2,1-4H3/t20-,21-,22-,23-,24+/m1/s1. The van der Waals surface area contributed by atoms with Crippen molar-refractivity contribution in [2.24, 2.45) is 0 Å². The van der Waals surface area contributed by atoms with Crippen molar-refractivity contribution < 1.29 is 43.2 Å². The fraction of sp³-hybridized carbons (Fsp3) is 0.875. The number of hydrogen-bond donors (Lipinski definition) is 1. The highest BCUT2D eigenvalue weighted by molar-refractivity contribution is 5.67. The van der Waals surface area contributed by atoms with E-state index in [2.05, 4.69) is 6.92 Å². The molecule has 1 rings (SSSR count). The molecule has 0 aliphatic carbocycles. The van der Waals surface area contributed by atoms with Crippen molar-refractivity contribution in [3.63, 3.8) is 0 Å². The van der Waals surface area contributed by atoms with Gasteiger partial charge in [0, 0.05) is 27.4 Å². The van der Waals surface area contributed by atoms with Gasteiger partial charge in [0.1, 0.15) is 18.8 Å². The van der Waals surface area contributed by atoms with Crippen LogP contribution in [0.1, 0.15) is 91.9 Å². The van der Waals surface area contributed by atoms with Gasteiger partial charge in [-0.3, -0.25) is 14.4 Å². The molecule has 9 nitrogen and oxygen atoms in total. The lowest BCUT2D eigenvalue weighted by Crippen LogP contribution is -2.61. The van der Waals surface area contributed by atoms with Crippen molar-refractivity contribution in [2.45, 2.75) is 123 Å². The molecule has 0 spiro atoms. The highest BCUT2D eigenvalue weighted by Gasteiger charge is 2.50. The summed E-state index contributed by atoms with van der Waals surface area (Å²) in [4.78, 5) is 34.4. The number of carbonyl (C=O) groups is 3. The molecule has 9 heteroatoms. The average Bonchev–Trinajstić information content (AvgIpc) is 2.74. The summed E-state index contributed by atoms with van der Waals surface area (Å²) in [6.07, 6.45) is 6.04. The van der Waals surface area contributed by atoms with Gasteiger partial charge in [-0.1, -0.05) is 64.7 Å². The van der Waals surface area contributed by atoms with Gasteiger partial charge in [-0.25, -0.2) is 0 Å². The lowest BCUT2D eigenvalue weighted by Gasteiger charge is -2.42. The number of aliphatic hydroxyl groups is 1. The number of unbranched alkanes of at least 4 members (excludes halogenated alkanes) is 9. The highest BCUT2D eigenvalue weighted by Crippen LogP contribution is 2.28. The molecular weight excluding hydrogens is 432 g/mol. The lowest BCUT2D eigenvalue weighted by molar-refractivity contribution is -0.305. The Morgan fingerprint density at radius 1 is 0.758 bits per heavy atom. The van der Waals surface area contributed by atoms with E-state index >= 15 is 0 Å². The van der Waals surface area contributed by atoms with E-state index in [0.717, 1.165) is 19.3 Å². The van der Waals surface area contributed by atoms with Crippen LogP contribution >= 0.6 is 0 Å². The molecule has 0 aromatic carbocycles. The summed E-state index contributed by atoms with van der Waals surface area (Å²) in [5.74, 6) is -1.85. The van der Waals surface area contributed by atoms with Gasteiger partial charge in [0.2, 0.25) is 0 Å². The molecule has 0 bridgehead atoms. The third-order valence-corrected chi connectivity index (χ3v) is 5.45. The van der Waals surface area contributed by atoms with Gasteiger partial charge in [-0.2, -0.15) is 0 Å². The third kappa shape index (κ3) is 12.4. The molecule has 0 saturated carbocycles. The van der Waals surface area contributed by atoms with E-state index in [0.29, 0.717) is 6.61 Å². The second-order valence-corrected chi connectivity index (χ2v) is 8.54. The maximum Gasteiger partial charge on any atom is 0.303 e. The topological polar surface area (TPSA) is 118 Å². The Balaban J connectivity index is 2.53. The van der Waals surface area contributed by atoms with Gasteiger partial charge < -0.3 is 28.8 Å². The van der Waals surface area contributed by atoms with Crippen LogP contribution in [0.4, 0.5) is 0 Å². The first-order valence-corrected chi connectivity index (χ1v) is 12.2. The first kappa shape index (κ1) is 29.3. The molecule has 1 N–H and O–H groups in total. The number of esters is 3. The van der Waals surface area contributed by atoms with Gasteiger partial charge >= 0.3 is 17.9 Å². The minimum absolute atomic E-state index is 0.240. The Hall–Kier alpha value is -1.71. The molecule has 33 heavy (non-hydrogen) atoms. The van der Waals surface area contributed by atoms with Gasteiger partial charge in [0.15, 0.2) is 18.5 Å². The van der Waals surface area contributed by atoms with Crippen LogP contribution in [0.15, 0.2) is 0 Å². The summed E-state index contributed by atoms with van der Waals surface area (Å²) in [7, 11) is 0. The number of aliphatic hydroxyl groups excluding tert-OH is 1. The van der Waals surface area contributed by atoms with Crippen LogP contribution in [-0.4, -0.2) is 66.9 Å². The van der Waals surface area contributed by atoms with E-state index in [4.69, 9.17) is 23.7 Å². The quantitative estimate of drug-likeness (QED) is 0.204. The van der Waals surface area contributed by atoms with Gasteiger partial charge in [-0.15, -0.1) is 0 Å². The molecule has 0 aromatic heterocycles. The smallest absolute Gasteiger partial charge is 0.303 e. The monoisotopic (exact) mass is 474 g/mol. The zero-order valence-electron chi connectivity index (χ0n) is 20.6. The largest absolute Gasteiger partial charge is 0.463 e. The van der Waals surface area contributed by atoms with Gasteiger partial charge in [0.25, 0.3) is 0 Å². The Kier molecular flexibility index (Phi) is 15.0. The van der Waals surface area contributed by atoms with Gasteiger partial charge in [-0.05, 0) is 6.42 Å². The molecule has 192 valence electrons. The summed E-state index contributed by atoms with van der Waals surface area (Å²) in [6, 6.07) is 0. The Bertz CT molecular complexity index is 580. The fourth-order valence-corrected chi connectivity index (χ4v) is 3.81. The lowest BCUT2D eigenvalue weighted by atomic mass is 9.98. The van der Waals surface area contributed by atoms with Crippen molar-refractivity contribution in [3.05, 3.63) is 0 Å². The van der Waals surface area contributed by atoms with Gasteiger partial charge in [0.05, 0.1) is 0 Å². The van der Waals surface area contributed by atoms with E-state index in [-0.39, 0.29) is 6.61 Å². The molecule has 5 atom stereocenters. The Morgan fingerprint density at radius 2 is 1.27 bits per heavy atom. The maximum absolute atomic E-state index is 11.6. The number of hydrogen-bond acceptors (Lipinski definition) is 9. The summed E-state index contributed by atoms with van der Waals surface area (Å²) in [5.41, 5.74) is 0. The van der Waals surface area contributed by atoms with Crippen LogP contribution in [0.5, 0.6) is 0 Å². The summed E-state index contributed by atoms with van der Waals surface area (Å²) < 4.78 is 26.9. The molecule has 0 aromatic rings. The van der Waals surface area contributed by atoms with E-state index in [1.54, 1.807) is 0 Å².